The Morgan fingerprint density at radius 3 is 0.860 bits per heavy atom. The maximum absolute atomic E-state index is 13.0. The van der Waals surface area contributed by atoms with E-state index in [4.69, 9.17) is 18.9 Å². The SMILES string of the molecule is CC/C=C\C/C=C\C/C=C\C/C=C\C/C=C\C/C=C\C/C=C\CCCCCCCCCCCCCCCCCC(=O)OC(COC(=O)CCCCCCCCCCCCCCCCC/C=C\C/C=C\C/C=C\C/C=C\C/C=C\CC)COC(OCC[N+](C)(C)C)C(=O)O. The van der Waals surface area contributed by atoms with Gasteiger partial charge in [0, 0.05) is 12.8 Å². The quantitative estimate of drug-likeness (QED) is 0.0211. The van der Waals surface area contributed by atoms with Gasteiger partial charge < -0.3 is 28.5 Å². The normalized spacial score (nSPS) is 13.5. The predicted octanol–water partition coefficient (Wildman–Crippen LogP) is 24.3. The van der Waals surface area contributed by atoms with Crippen LogP contribution in [0.4, 0.5) is 0 Å². The van der Waals surface area contributed by atoms with Crippen LogP contribution in [0.1, 0.15) is 309 Å². The molecule has 0 fully saturated rings. The molecule has 9 nitrogen and oxygen atoms in total. The minimum absolute atomic E-state index is 0.183. The number of allylic oxidation sites excluding steroid dienone is 24. The molecule has 2 atom stereocenters. The highest BCUT2D eigenvalue weighted by Crippen LogP contribution is 2.18. The third-order valence-corrected chi connectivity index (χ3v) is 16.1. The zero-order valence-electron chi connectivity index (χ0n) is 60.6. The standard InChI is InChI=1S/C84H141NO8/c1-6-8-10-12-14-16-18-20-22-24-26-28-30-32-34-36-38-39-40-41-42-43-45-47-49-51-53-55-57-59-61-63-65-67-69-71-73-75-82(87)93-80(79-92-84(83(88)89)90-77-76-85(3,4)5)78-91-81(86)74-72-70-68-66-64-62-60-58-56-54-52-50-48-46-44-37-35-33-31-29-27-25-23-21-19-17-15-13-11-9-7-2/h8-11,14-17,20-23,26-29,32-35,38-39,41-42,80,84H,6-7,12-13,18-19,24-25,30-31,36-37,40,43-79H2,1-5H3/p+1/b10-8-,11-9-,16-14-,17-15-,22-20-,23-21-,28-26-,29-27-,34-32-,35-33-,39-38-,42-41-. The number of carboxylic acids is 1. The molecule has 0 aromatic carbocycles. The zero-order chi connectivity index (χ0) is 67.5. The van der Waals surface area contributed by atoms with Crippen molar-refractivity contribution in [3.63, 3.8) is 0 Å². The van der Waals surface area contributed by atoms with Crippen LogP contribution >= 0.6 is 0 Å². The molecule has 9 heteroatoms. The first-order valence-corrected chi connectivity index (χ1v) is 38.0. The van der Waals surface area contributed by atoms with Crippen LogP contribution in [-0.4, -0.2) is 87.4 Å². The summed E-state index contributed by atoms with van der Waals surface area (Å²) in [4.78, 5) is 37.7. The van der Waals surface area contributed by atoms with Crippen molar-refractivity contribution in [2.45, 2.75) is 322 Å². The summed E-state index contributed by atoms with van der Waals surface area (Å²) in [6.45, 7) is 4.67. The van der Waals surface area contributed by atoms with Gasteiger partial charge in [-0.25, -0.2) is 4.79 Å². The molecule has 0 saturated heterocycles. The Hall–Kier alpha value is -4.83. The summed E-state index contributed by atoms with van der Waals surface area (Å²) in [6, 6.07) is 0. The van der Waals surface area contributed by atoms with Crippen LogP contribution in [0.15, 0.2) is 146 Å². The summed E-state index contributed by atoms with van der Waals surface area (Å²) in [5.74, 6) is -2.00. The number of hydrogen-bond acceptors (Lipinski definition) is 7. The third kappa shape index (κ3) is 74.4. The van der Waals surface area contributed by atoms with Gasteiger partial charge in [0.15, 0.2) is 6.10 Å². The van der Waals surface area contributed by atoms with E-state index in [1.54, 1.807) is 0 Å². The van der Waals surface area contributed by atoms with E-state index in [0.29, 0.717) is 23.9 Å². The second-order valence-electron chi connectivity index (χ2n) is 26.2. The maximum Gasteiger partial charge on any atom is 0.361 e. The Labute approximate surface area is 572 Å². The van der Waals surface area contributed by atoms with Crippen molar-refractivity contribution < 1.29 is 42.9 Å². The maximum atomic E-state index is 13.0. The van der Waals surface area contributed by atoms with Crippen molar-refractivity contribution in [3.8, 4) is 0 Å². The molecule has 0 saturated carbocycles. The Morgan fingerprint density at radius 2 is 0.581 bits per heavy atom. The van der Waals surface area contributed by atoms with E-state index in [1.165, 1.54) is 167 Å². The second kappa shape index (κ2) is 73.0. The Balaban J connectivity index is 4.08. The summed E-state index contributed by atoms with van der Waals surface area (Å²) >= 11 is 0. The molecule has 1 N–H and O–H groups in total. The van der Waals surface area contributed by atoms with Crippen LogP contribution in [0.25, 0.3) is 0 Å². The molecule has 0 aromatic rings. The number of carbonyl (C=O) groups is 3. The van der Waals surface area contributed by atoms with Crippen LogP contribution < -0.4 is 0 Å². The number of nitrogens with zero attached hydrogens (tertiary/aromatic N) is 1. The number of aliphatic carboxylic acids is 1. The minimum Gasteiger partial charge on any atom is -0.477 e. The highest BCUT2D eigenvalue weighted by atomic mass is 16.7. The highest BCUT2D eigenvalue weighted by Gasteiger charge is 2.25. The smallest absolute Gasteiger partial charge is 0.361 e. The number of carboxylic acid groups (broad SMARTS) is 1. The number of carbonyl (C=O) groups excluding carboxylic acids is 2. The van der Waals surface area contributed by atoms with E-state index in [2.05, 4.69) is 160 Å². The molecule has 0 aliphatic rings. The van der Waals surface area contributed by atoms with E-state index in [1.807, 2.05) is 21.1 Å². The molecule has 0 bridgehead atoms. The minimum atomic E-state index is -1.52. The Kier molecular flexibility index (Phi) is 69.2. The summed E-state index contributed by atoms with van der Waals surface area (Å²) < 4.78 is 23.0. The third-order valence-electron chi connectivity index (χ3n) is 16.1. The summed E-state index contributed by atoms with van der Waals surface area (Å²) in [7, 11) is 5.98. The van der Waals surface area contributed by atoms with Crippen molar-refractivity contribution in [2.75, 3.05) is 47.5 Å². The van der Waals surface area contributed by atoms with E-state index >= 15 is 0 Å². The van der Waals surface area contributed by atoms with Crippen molar-refractivity contribution in [1.82, 2.24) is 0 Å². The lowest BCUT2D eigenvalue weighted by Crippen LogP contribution is -2.40. The van der Waals surface area contributed by atoms with Gasteiger partial charge in [0.2, 0.25) is 0 Å². The van der Waals surface area contributed by atoms with Crippen molar-refractivity contribution in [3.05, 3.63) is 146 Å². The number of rotatable bonds is 69. The van der Waals surface area contributed by atoms with Crippen LogP contribution in [0, 0.1) is 0 Å². The van der Waals surface area contributed by atoms with Crippen molar-refractivity contribution in [2.24, 2.45) is 0 Å². The predicted molar refractivity (Wildman–Crippen MR) is 400 cm³/mol. The lowest BCUT2D eigenvalue weighted by molar-refractivity contribution is -0.870. The molecule has 0 amide bonds. The van der Waals surface area contributed by atoms with Gasteiger partial charge >= 0.3 is 17.9 Å². The van der Waals surface area contributed by atoms with Gasteiger partial charge in [-0.15, -0.1) is 0 Å². The number of hydrogen-bond donors (Lipinski definition) is 1. The van der Waals surface area contributed by atoms with Crippen molar-refractivity contribution in [1.29, 1.82) is 0 Å². The summed E-state index contributed by atoms with van der Waals surface area (Å²) in [5, 5.41) is 9.77. The van der Waals surface area contributed by atoms with Gasteiger partial charge in [-0.2, -0.15) is 0 Å². The van der Waals surface area contributed by atoms with Gasteiger partial charge in [0.25, 0.3) is 6.29 Å². The first-order chi connectivity index (χ1) is 45.6. The van der Waals surface area contributed by atoms with E-state index in [9.17, 15) is 19.5 Å². The zero-order valence-corrected chi connectivity index (χ0v) is 60.6. The van der Waals surface area contributed by atoms with Gasteiger partial charge in [-0.1, -0.05) is 327 Å². The number of ether oxygens (including phenoxy) is 4. The fourth-order valence-corrected chi connectivity index (χ4v) is 10.4. The number of esters is 2. The Bertz CT molecular complexity index is 2040. The Morgan fingerprint density at radius 1 is 0.323 bits per heavy atom. The molecule has 0 heterocycles. The molecular weight excluding hydrogens is 1150 g/mol. The molecule has 0 spiro atoms. The molecule has 0 radical (unpaired) electrons. The van der Waals surface area contributed by atoms with E-state index in [-0.39, 0.29) is 32.2 Å². The highest BCUT2D eigenvalue weighted by molar-refractivity contribution is 5.71. The van der Waals surface area contributed by atoms with Crippen LogP contribution in [0.2, 0.25) is 0 Å². The molecule has 93 heavy (non-hydrogen) atoms. The lowest BCUT2D eigenvalue weighted by Gasteiger charge is -2.25. The van der Waals surface area contributed by atoms with Gasteiger partial charge in [0.1, 0.15) is 13.2 Å². The monoisotopic (exact) mass is 1290 g/mol. The average Bonchev–Trinajstić information content (AvgIpc) is 3.73. The first kappa shape index (κ1) is 88.2. The largest absolute Gasteiger partial charge is 0.477 e. The van der Waals surface area contributed by atoms with Gasteiger partial charge in [-0.05, 0) is 116 Å². The van der Waals surface area contributed by atoms with Crippen molar-refractivity contribution >= 4 is 17.9 Å². The van der Waals surface area contributed by atoms with Crippen LogP contribution in [-0.2, 0) is 33.3 Å². The molecule has 530 valence electrons. The molecule has 2 unspecified atom stereocenters. The van der Waals surface area contributed by atoms with Gasteiger partial charge in [-0.3, -0.25) is 9.59 Å². The number of unbranched alkanes of at least 4 members (excludes halogenated alkanes) is 30. The molecule has 0 aliphatic heterocycles. The lowest BCUT2D eigenvalue weighted by atomic mass is 10.0. The average molecular weight is 1290 g/mol. The first-order valence-electron chi connectivity index (χ1n) is 38.0. The number of likely N-dealkylation sites (N-methyl/N-ethyl adjacent to an activating group) is 1. The topological polar surface area (TPSA) is 108 Å². The molecular formula is C84H142NO8+. The van der Waals surface area contributed by atoms with Crippen LogP contribution in [0.5, 0.6) is 0 Å². The second-order valence-corrected chi connectivity index (χ2v) is 26.2. The number of quaternary nitrogens is 1. The fourth-order valence-electron chi connectivity index (χ4n) is 10.4. The summed E-state index contributed by atoms with van der Waals surface area (Å²) in [6.07, 6.45) is 104. The molecule has 0 rings (SSSR count). The summed E-state index contributed by atoms with van der Waals surface area (Å²) in [5.41, 5.74) is 0. The molecule has 0 aromatic heterocycles. The fraction of sp³-hybridized carbons (Fsp3) is 0.679. The van der Waals surface area contributed by atoms with E-state index in [0.717, 1.165) is 109 Å². The van der Waals surface area contributed by atoms with Gasteiger partial charge in [0.05, 0.1) is 34.4 Å². The molecule has 0 aliphatic carbocycles. The van der Waals surface area contributed by atoms with E-state index < -0.39 is 24.3 Å². The van der Waals surface area contributed by atoms with Crippen LogP contribution in [0.3, 0.4) is 0 Å².